The van der Waals surface area contributed by atoms with Crippen molar-refractivity contribution in [1.82, 2.24) is 15.3 Å². The number of benzene rings is 1. The highest BCUT2D eigenvalue weighted by atomic mass is 16.4. The summed E-state index contributed by atoms with van der Waals surface area (Å²) in [4.78, 5) is 51.4. The van der Waals surface area contributed by atoms with Gasteiger partial charge in [-0.1, -0.05) is 0 Å². The number of carbonyl (C=O) groups excluding carboxylic acids is 2. The predicted octanol–water partition coefficient (Wildman–Crippen LogP) is 0.990. The van der Waals surface area contributed by atoms with Crippen LogP contribution in [0.3, 0.4) is 0 Å². The maximum atomic E-state index is 11.8. The van der Waals surface area contributed by atoms with Gasteiger partial charge >= 0.3 is 5.97 Å². The van der Waals surface area contributed by atoms with Crippen molar-refractivity contribution in [2.45, 2.75) is 19.8 Å². The molecule has 0 saturated heterocycles. The molecule has 1 aromatic heterocycles. The van der Waals surface area contributed by atoms with E-state index < -0.39 is 17.1 Å². The van der Waals surface area contributed by atoms with Crippen molar-refractivity contribution < 1.29 is 19.5 Å². The topological polar surface area (TPSA) is 141 Å². The third kappa shape index (κ3) is 5.26. The van der Waals surface area contributed by atoms with Crippen molar-refractivity contribution in [3.05, 3.63) is 46.4 Å². The van der Waals surface area contributed by atoms with Gasteiger partial charge in [-0.05, 0) is 30.7 Å². The minimum atomic E-state index is -1.35. The van der Waals surface area contributed by atoms with Crippen LogP contribution in [0.25, 0.3) is 11.4 Å². The zero-order valence-electron chi connectivity index (χ0n) is 14.0. The van der Waals surface area contributed by atoms with Gasteiger partial charge in [0.25, 0.3) is 5.56 Å². The van der Waals surface area contributed by atoms with E-state index in [2.05, 4.69) is 20.6 Å². The standard InChI is InChI=1S/C17H18N4O5/c1-10(22)18-8-2-3-14(23)20-12-6-4-11(5-7-12)15-19-9-13(17(25)26)16(24)21-15/h4-7,9H,2-3,8H2,1H3,(H,18,22)(H,20,23)(H,25,26)(H,19,21,24). The van der Waals surface area contributed by atoms with Crippen molar-refractivity contribution in [2.75, 3.05) is 11.9 Å². The molecule has 9 heteroatoms. The predicted molar refractivity (Wildman–Crippen MR) is 93.8 cm³/mol. The number of aromatic amines is 1. The number of anilines is 1. The average Bonchev–Trinajstić information content (AvgIpc) is 2.59. The van der Waals surface area contributed by atoms with Gasteiger partial charge in [-0.15, -0.1) is 0 Å². The van der Waals surface area contributed by atoms with Gasteiger partial charge in [0.05, 0.1) is 0 Å². The lowest BCUT2D eigenvalue weighted by molar-refractivity contribution is -0.119. The Bertz CT molecular complexity index is 873. The molecule has 26 heavy (non-hydrogen) atoms. The van der Waals surface area contributed by atoms with Crippen LogP contribution in [0.2, 0.25) is 0 Å². The van der Waals surface area contributed by atoms with E-state index >= 15 is 0 Å². The van der Waals surface area contributed by atoms with Crippen molar-refractivity contribution in [3.8, 4) is 11.4 Å². The summed E-state index contributed by atoms with van der Waals surface area (Å²) >= 11 is 0. The maximum Gasteiger partial charge on any atom is 0.342 e. The molecule has 1 aromatic carbocycles. The molecule has 0 aliphatic heterocycles. The van der Waals surface area contributed by atoms with Crippen LogP contribution in [0.15, 0.2) is 35.3 Å². The summed E-state index contributed by atoms with van der Waals surface area (Å²) in [6.45, 7) is 1.85. The molecule has 2 rings (SSSR count). The molecule has 0 fully saturated rings. The summed E-state index contributed by atoms with van der Waals surface area (Å²) < 4.78 is 0. The van der Waals surface area contributed by atoms with E-state index in [1.165, 1.54) is 6.92 Å². The van der Waals surface area contributed by atoms with Crippen molar-refractivity contribution >= 4 is 23.5 Å². The lowest BCUT2D eigenvalue weighted by Gasteiger charge is -2.07. The average molecular weight is 358 g/mol. The first kappa shape index (κ1) is 18.8. The zero-order valence-corrected chi connectivity index (χ0v) is 14.0. The molecule has 9 nitrogen and oxygen atoms in total. The second-order valence-corrected chi connectivity index (χ2v) is 5.49. The lowest BCUT2D eigenvalue weighted by Crippen LogP contribution is -2.22. The molecule has 0 bridgehead atoms. The zero-order chi connectivity index (χ0) is 19.1. The van der Waals surface area contributed by atoms with E-state index in [0.29, 0.717) is 24.2 Å². The maximum absolute atomic E-state index is 11.8. The Hall–Kier alpha value is -3.49. The number of nitrogens with zero attached hydrogens (tertiary/aromatic N) is 1. The molecule has 0 radical (unpaired) electrons. The monoisotopic (exact) mass is 358 g/mol. The molecular formula is C17H18N4O5. The number of hydrogen-bond acceptors (Lipinski definition) is 5. The fourth-order valence-corrected chi connectivity index (χ4v) is 2.14. The number of amides is 2. The van der Waals surface area contributed by atoms with Crippen LogP contribution in [0, 0.1) is 0 Å². The van der Waals surface area contributed by atoms with E-state index in [1.807, 2.05) is 0 Å². The minimum absolute atomic E-state index is 0.135. The third-order valence-electron chi connectivity index (χ3n) is 3.43. The number of hydrogen-bond donors (Lipinski definition) is 4. The van der Waals surface area contributed by atoms with Crippen molar-refractivity contribution in [2.24, 2.45) is 0 Å². The molecule has 2 aromatic rings. The largest absolute Gasteiger partial charge is 0.477 e. The molecule has 0 aliphatic carbocycles. The van der Waals surface area contributed by atoms with E-state index in [-0.39, 0.29) is 24.1 Å². The number of carbonyl (C=O) groups is 3. The number of H-pyrrole nitrogens is 1. The first-order chi connectivity index (χ1) is 12.4. The summed E-state index contributed by atoms with van der Waals surface area (Å²) in [6.07, 6.45) is 1.80. The van der Waals surface area contributed by atoms with Crippen LogP contribution in [0.4, 0.5) is 5.69 Å². The fourth-order valence-electron chi connectivity index (χ4n) is 2.14. The molecule has 0 atom stereocenters. The van der Waals surface area contributed by atoms with Gasteiger partial charge in [0.15, 0.2) is 0 Å². The summed E-state index contributed by atoms with van der Waals surface area (Å²) in [7, 11) is 0. The number of aromatic carboxylic acids is 1. The Morgan fingerprint density at radius 2 is 1.88 bits per heavy atom. The van der Waals surface area contributed by atoms with Gasteiger partial charge in [-0.25, -0.2) is 9.78 Å². The smallest absolute Gasteiger partial charge is 0.342 e. The summed E-state index contributed by atoms with van der Waals surface area (Å²) in [5.74, 6) is -1.43. The van der Waals surface area contributed by atoms with Gasteiger partial charge in [-0.3, -0.25) is 14.4 Å². The van der Waals surface area contributed by atoms with E-state index in [4.69, 9.17) is 5.11 Å². The van der Waals surface area contributed by atoms with E-state index in [9.17, 15) is 19.2 Å². The van der Waals surface area contributed by atoms with Crippen LogP contribution in [0.1, 0.15) is 30.1 Å². The van der Waals surface area contributed by atoms with Gasteiger partial charge in [0.2, 0.25) is 11.8 Å². The Labute approximate surface area is 148 Å². The second-order valence-electron chi connectivity index (χ2n) is 5.49. The first-order valence-corrected chi connectivity index (χ1v) is 7.84. The number of carboxylic acid groups (broad SMARTS) is 1. The molecule has 2 amide bonds. The van der Waals surface area contributed by atoms with Gasteiger partial charge in [0.1, 0.15) is 11.4 Å². The quantitative estimate of drug-likeness (QED) is 0.544. The highest BCUT2D eigenvalue weighted by Gasteiger charge is 2.11. The molecule has 1 heterocycles. The molecule has 136 valence electrons. The Morgan fingerprint density at radius 1 is 1.19 bits per heavy atom. The van der Waals surface area contributed by atoms with Gasteiger partial charge in [0, 0.05) is 37.3 Å². The Kier molecular flexibility index (Phi) is 6.20. The Morgan fingerprint density at radius 3 is 2.46 bits per heavy atom. The number of carboxylic acids is 1. The Balaban J connectivity index is 1.97. The highest BCUT2D eigenvalue weighted by Crippen LogP contribution is 2.17. The van der Waals surface area contributed by atoms with Crippen LogP contribution in [-0.2, 0) is 9.59 Å². The second kappa shape index (κ2) is 8.56. The van der Waals surface area contributed by atoms with E-state index in [1.54, 1.807) is 24.3 Å². The van der Waals surface area contributed by atoms with Crippen LogP contribution < -0.4 is 16.2 Å². The summed E-state index contributed by atoms with van der Waals surface area (Å²) in [5.41, 5.74) is -0.0265. The van der Waals surface area contributed by atoms with Crippen molar-refractivity contribution in [3.63, 3.8) is 0 Å². The van der Waals surface area contributed by atoms with Crippen LogP contribution >= 0.6 is 0 Å². The molecular weight excluding hydrogens is 340 g/mol. The number of aromatic nitrogens is 2. The van der Waals surface area contributed by atoms with Crippen LogP contribution in [-0.4, -0.2) is 39.4 Å². The van der Waals surface area contributed by atoms with Crippen LogP contribution in [0.5, 0.6) is 0 Å². The number of nitrogens with one attached hydrogen (secondary N) is 3. The van der Waals surface area contributed by atoms with Crippen molar-refractivity contribution in [1.29, 1.82) is 0 Å². The number of rotatable bonds is 7. The summed E-state index contributed by atoms with van der Waals surface area (Å²) in [5, 5.41) is 14.2. The third-order valence-corrected chi connectivity index (χ3v) is 3.43. The van der Waals surface area contributed by atoms with Gasteiger partial charge < -0.3 is 20.7 Å². The molecule has 0 spiro atoms. The normalized spacial score (nSPS) is 10.2. The van der Waals surface area contributed by atoms with Gasteiger partial charge in [-0.2, -0.15) is 0 Å². The molecule has 0 saturated carbocycles. The minimum Gasteiger partial charge on any atom is -0.477 e. The molecule has 0 unspecified atom stereocenters. The van der Waals surface area contributed by atoms with E-state index in [0.717, 1.165) is 6.20 Å². The highest BCUT2D eigenvalue weighted by molar-refractivity contribution is 5.91. The SMILES string of the molecule is CC(=O)NCCCC(=O)Nc1ccc(-c2ncc(C(=O)O)c(=O)[nH]2)cc1. The first-order valence-electron chi connectivity index (χ1n) is 7.84. The fraction of sp³-hybridized carbons (Fsp3) is 0.235. The molecule has 0 aliphatic rings. The summed E-state index contributed by atoms with van der Waals surface area (Å²) in [6, 6.07) is 6.58. The molecule has 4 N–H and O–H groups in total. The lowest BCUT2D eigenvalue weighted by atomic mass is 10.2.